The predicted molar refractivity (Wildman–Crippen MR) is 102 cm³/mol. The third-order valence-corrected chi connectivity index (χ3v) is 4.66. The zero-order valence-electron chi connectivity index (χ0n) is 15.4. The number of carbonyl (C=O) groups excluding carboxylic acids is 2. The molecular weight excluding hydrogens is 316 g/mol. The summed E-state index contributed by atoms with van der Waals surface area (Å²) in [6, 6.07) is 7.70. The van der Waals surface area contributed by atoms with Gasteiger partial charge in [-0.05, 0) is 56.6 Å². The molecule has 1 aromatic rings. The van der Waals surface area contributed by atoms with Crippen LogP contribution in [-0.4, -0.2) is 56.0 Å². The Labute approximate surface area is 150 Å². The van der Waals surface area contributed by atoms with E-state index in [9.17, 15) is 9.59 Å². The summed E-state index contributed by atoms with van der Waals surface area (Å²) in [6.45, 7) is 9.40. The average molecular weight is 346 g/mol. The number of anilines is 2. The van der Waals surface area contributed by atoms with E-state index in [1.807, 2.05) is 24.3 Å². The average Bonchev–Trinajstić information content (AvgIpc) is 2.66. The van der Waals surface area contributed by atoms with E-state index in [4.69, 9.17) is 0 Å². The Hall–Kier alpha value is -2.08. The van der Waals surface area contributed by atoms with Gasteiger partial charge < -0.3 is 20.4 Å². The number of carbonyl (C=O) groups is 2. The van der Waals surface area contributed by atoms with Gasteiger partial charge in [-0.25, -0.2) is 0 Å². The molecule has 1 saturated heterocycles. The minimum absolute atomic E-state index is 0.474. The maximum atomic E-state index is 12.0. The molecule has 25 heavy (non-hydrogen) atoms. The van der Waals surface area contributed by atoms with Crippen LogP contribution in [0.2, 0.25) is 0 Å². The number of benzene rings is 1. The van der Waals surface area contributed by atoms with Crippen LogP contribution in [0.5, 0.6) is 0 Å². The van der Waals surface area contributed by atoms with Crippen LogP contribution in [0.3, 0.4) is 0 Å². The minimum atomic E-state index is -0.620. The minimum Gasteiger partial charge on any atom is -0.372 e. The Morgan fingerprint density at radius 2 is 1.64 bits per heavy atom. The SMILES string of the molecule is CCN(CC)CCNC(=O)C(=O)Nc1ccc(N2CCCCC2)cc1. The first-order chi connectivity index (χ1) is 12.1. The molecule has 2 N–H and O–H groups in total. The summed E-state index contributed by atoms with van der Waals surface area (Å²) in [5.41, 5.74) is 1.81. The van der Waals surface area contributed by atoms with Crippen molar-refractivity contribution in [2.24, 2.45) is 0 Å². The first kappa shape index (κ1) is 19.2. The zero-order valence-corrected chi connectivity index (χ0v) is 15.4. The monoisotopic (exact) mass is 346 g/mol. The molecule has 2 rings (SSSR count). The molecular formula is C19H30N4O2. The smallest absolute Gasteiger partial charge is 0.313 e. The van der Waals surface area contributed by atoms with Crippen LogP contribution < -0.4 is 15.5 Å². The molecule has 0 aromatic heterocycles. The standard InChI is InChI=1S/C19H30N4O2/c1-3-22(4-2)15-12-20-18(24)19(25)21-16-8-10-17(11-9-16)23-13-6-5-7-14-23/h8-11H,3-7,12-15H2,1-2H3,(H,20,24)(H,21,25). The Bertz CT molecular complexity index is 549. The van der Waals surface area contributed by atoms with E-state index in [2.05, 4.69) is 34.3 Å². The summed E-state index contributed by atoms with van der Waals surface area (Å²) < 4.78 is 0. The van der Waals surface area contributed by atoms with Gasteiger partial charge in [0.15, 0.2) is 0 Å². The van der Waals surface area contributed by atoms with E-state index in [0.717, 1.165) is 32.7 Å². The zero-order chi connectivity index (χ0) is 18.1. The molecule has 1 fully saturated rings. The summed E-state index contributed by atoms with van der Waals surface area (Å²) in [7, 11) is 0. The van der Waals surface area contributed by atoms with E-state index in [-0.39, 0.29) is 0 Å². The maximum Gasteiger partial charge on any atom is 0.313 e. The van der Waals surface area contributed by atoms with E-state index in [1.165, 1.54) is 24.9 Å². The quantitative estimate of drug-likeness (QED) is 0.742. The molecule has 1 aromatic carbocycles. The number of piperidine rings is 1. The van der Waals surface area contributed by atoms with E-state index >= 15 is 0 Å². The van der Waals surface area contributed by atoms with Gasteiger partial charge in [0, 0.05) is 37.6 Å². The molecule has 6 nitrogen and oxygen atoms in total. The van der Waals surface area contributed by atoms with Gasteiger partial charge in [-0.1, -0.05) is 13.8 Å². The highest BCUT2D eigenvalue weighted by molar-refractivity contribution is 6.39. The van der Waals surface area contributed by atoms with Crippen molar-refractivity contribution in [1.82, 2.24) is 10.2 Å². The second-order valence-corrected chi connectivity index (χ2v) is 6.33. The first-order valence-corrected chi connectivity index (χ1v) is 9.30. The van der Waals surface area contributed by atoms with Crippen LogP contribution in [0.1, 0.15) is 33.1 Å². The fraction of sp³-hybridized carbons (Fsp3) is 0.579. The summed E-state index contributed by atoms with van der Waals surface area (Å²) >= 11 is 0. The third-order valence-electron chi connectivity index (χ3n) is 4.66. The Balaban J connectivity index is 1.78. The van der Waals surface area contributed by atoms with Gasteiger partial charge in [-0.2, -0.15) is 0 Å². The Morgan fingerprint density at radius 3 is 2.24 bits per heavy atom. The van der Waals surface area contributed by atoms with Crippen LogP contribution in [0.25, 0.3) is 0 Å². The number of rotatable bonds is 7. The highest BCUT2D eigenvalue weighted by Crippen LogP contribution is 2.21. The topological polar surface area (TPSA) is 64.7 Å². The fourth-order valence-corrected chi connectivity index (χ4v) is 3.04. The molecule has 138 valence electrons. The molecule has 0 spiro atoms. The second-order valence-electron chi connectivity index (χ2n) is 6.33. The van der Waals surface area contributed by atoms with Gasteiger partial charge >= 0.3 is 11.8 Å². The number of likely N-dealkylation sites (N-methyl/N-ethyl adjacent to an activating group) is 1. The number of hydrogen-bond acceptors (Lipinski definition) is 4. The van der Waals surface area contributed by atoms with Crippen molar-refractivity contribution in [1.29, 1.82) is 0 Å². The molecule has 0 saturated carbocycles. The van der Waals surface area contributed by atoms with Crippen LogP contribution >= 0.6 is 0 Å². The summed E-state index contributed by atoms with van der Waals surface area (Å²) in [4.78, 5) is 28.4. The molecule has 6 heteroatoms. The maximum absolute atomic E-state index is 12.0. The fourth-order valence-electron chi connectivity index (χ4n) is 3.04. The van der Waals surface area contributed by atoms with Crippen molar-refractivity contribution < 1.29 is 9.59 Å². The lowest BCUT2D eigenvalue weighted by molar-refractivity contribution is -0.136. The molecule has 1 aliphatic heterocycles. The summed E-state index contributed by atoms with van der Waals surface area (Å²) in [5.74, 6) is -1.21. The molecule has 1 heterocycles. The molecule has 0 bridgehead atoms. The molecule has 1 aliphatic rings. The second kappa shape index (κ2) is 10.0. The van der Waals surface area contributed by atoms with Gasteiger partial charge in [-0.3, -0.25) is 9.59 Å². The number of amides is 2. The van der Waals surface area contributed by atoms with Crippen molar-refractivity contribution in [3.63, 3.8) is 0 Å². The van der Waals surface area contributed by atoms with Crippen LogP contribution in [-0.2, 0) is 9.59 Å². The van der Waals surface area contributed by atoms with E-state index in [0.29, 0.717) is 12.2 Å². The van der Waals surface area contributed by atoms with Gasteiger partial charge in [0.2, 0.25) is 0 Å². The lowest BCUT2D eigenvalue weighted by Gasteiger charge is -2.28. The Kier molecular flexibility index (Phi) is 7.73. The van der Waals surface area contributed by atoms with Crippen molar-refractivity contribution in [2.45, 2.75) is 33.1 Å². The molecule has 0 radical (unpaired) electrons. The van der Waals surface area contributed by atoms with Crippen molar-refractivity contribution >= 4 is 23.2 Å². The molecule has 0 atom stereocenters. The van der Waals surface area contributed by atoms with Gasteiger partial charge in [0.1, 0.15) is 0 Å². The van der Waals surface area contributed by atoms with E-state index < -0.39 is 11.8 Å². The summed E-state index contributed by atoms with van der Waals surface area (Å²) in [6.07, 6.45) is 3.76. The molecule has 0 unspecified atom stereocenters. The van der Waals surface area contributed by atoms with Crippen molar-refractivity contribution in [3.05, 3.63) is 24.3 Å². The summed E-state index contributed by atoms with van der Waals surface area (Å²) in [5, 5.41) is 5.32. The van der Waals surface area contributed by atoms with Gasteiger partial charge in [0.25, 0.3) is 0 Å². The van der Waals surface area contributed by atoms with Gasteiger partial charge in [-0.15, -0.1) is 0 Å². The Morgan fingerprint density at radius 1 is 1.00 bits per heavy atom. The number of hydrogen-bond donors (Lipinski definition) is 2. The van der Waals surface area contributed by atoms with Crippen molar-refractivity contribution in [3.8, 4) is 0 Å². The normalized spacial score (nSPS) is 14.4. The third kappa shape index (κ3) is 6.05. The van der Waals surface area contributed by atoms with Crippen LogP contribution in [0.15, 0.2) is 24.3 Å². The molecule has 0 aliphatic carbocycles. The van der Waals surface area contributed by atoms with Crippen LogP contribution in [0.4, 0.5) is 11.4 Å². The van der Waals surface area contributed by atoms with Crippen molar-refractivity contribution in [2.75, 3.05) is 49.5 Å². The van der Waals surface area contributed by atoms with Gasteiger partial charge in [0.05, 0.1) is 0 Å². The lowest BCUT2D eigenvalue weighted by Crippen LogP contribution is -2.40. The molecule has 2 amide bonds. The highest BCUT2D eigenvalue weighted by atomic mass is 16.2. The number of nitrogens with one attached hydrogen (secondary N) is 2. The predicted octanol–water partition coefficient (Wildman–Crippen LogP) is 2.07. The largest absolute Gasteiger partial charge is 0.372 e. The first-order valence-electron chi connectivity index (χ1n) is 9.30. The van der Waals surface area contributed by atoms with E-state index in [1.54, 1.807) is 0 Å². The van der Waals surface area contributed by atoms with Crippen LogP contribution in [0, 0.1) is 0 Å². The number of nitrogens with zero attached hydrogens (tertiary/aromatic N) is 2. The lowest BCUT2D eigenvalue weighted by atomic mass is 10.1. The highest BCUT2D eigenvalue weighted by Gasteiger charge is 2.14.